The van der Waals surface area contributed by atoms with Crippen LogP contribution in [0.4, 0.5) is 13.2 Å². The molecule has 0 radical (unpaired) electrons. The Kier molecular flexibility index (Phi) is 37.8. The van der Waals surface area contributed by atoms with Gasteiger partial charge in [-0.25, -0.2) is 13.2 Å². The summed E-state index contributed by atoms with van der Waals surface area (Å²) in [7, 11) is 0. The summed E-state index contributed by atoms with van der Waals surface area (Å²) in [6.45, 7) is 27.8. The van der Waals surface area contributed by atoms with Gasteiger partial charge in [0, 0.05) is 0 Å². The standard InChI is InChI=1S/C12H20.C11H18.C9H12.2C8H7N.C8H16.3C7H7F.2C7H14/c1-2-12-10-4-8-3-9(6-10)7-11(12)5-8;1-7-10-3-8-2-9(5-10)6-11(7)4-8;1-7-4-8(2)6-9(3)5-7;1-7-2-4-8(6-9)5-3-7;1-7-3-2-4-8(5-7)6-9;1-2-8-6-4-3-5-7-8;1-6-2-4-7(8)5-3-6;1-6-3-2-4-7(8)5-6;1-6-4-2-3-5-7(6)8;1-7-5-3-2-4-6-7;1-2-7-5-3-4-6-7/h8-12H,2-7H2,1H3;7-11H,2-6H2,1H3;4-6H,1-3H3;2*2-5H,1H3;8H,2-7H2,1H3;3*2-5H,1H3;2*7H,2-6H2,1H3. The molecule has 0 heterocycles. The van der Waals surface area contributed by atoms with Gasteiger partial charge in [0.25, 0.3) is 0 Å². The van der Waals surface area contributed by atoms with E-state index in [1.807, 2.05) is 82.3 Å². The highest BCUT2D eigenvalue weighted by Gasteiger charge is 2.47. The highest BCUT2D eigenvalue weighted by atomic mass is 19.1. The van der Waals surface area contributed by atoms with Crippen molar-refractivity contribution in [1.29, 1.82) is 10.5 Å². The van der Waals surface area contributed by atoms with Crippen molar-refractivity contribution in [2.45, 2.75) is 263 Å². The second-order valence-corrected chi connectivity index (χ2v) is 31.0. The van der Waals surface area contributed by atoms with Gasteiger partial charge in [-0.2, -0.15) is 10.5 Å². The number of aryl methyl sites for hydroxylation is 8. The van der Waals surface area contributed by atoms with Crippen molar-refractivity contribution in [1.82, 2.24) is 0 Å². The van der Waals surface area contributed by atoms with Crippen molar-refractivity contribution in [2.75, 3.05) is 0 Å². The molecule has 11 aliphatic carbocycles. The molecule has 17 rings (SSSR count). The monoisotopic (exact) mass is 1310 g/mol. The van der Waals surface area contributed by atoms with E-state index in [9.17, 15) is 13.2 Å². The van der Waals surface area contributed by atoms with Gasteiger partial charge in [-0.3, -0.25) is 0 Å². The van der Waals surface area contributed by atoms with E-state index >= 15 is 0 Å². The first-order chi connectivity index (χ1) is 46.2. The van der Waals surface area contributed by atoms with E-state index in [0.29, 0.717) is 5.56 Å². The molecule has 96 heavy (non-hydrogen) atoms. The van der Waals surface area contributed by atoms with E-state index < -0.39 is 0 Å². The van der Waals surface area contributed by atoms with Crippen molar-refractivity contribution < 1.29 is 13.2 Å². The van der Waals surface area contributed by atoms with Crippen LogP contribution >= 0.6 is 0 Å². The van der Waals surface area contributed by atoms with Crippen molar-refractivity contribution in [2.24, 2.45) is 76.9 Å². The van der Waals surface area contributed by atoms with E-state index in [4.69, 9.17) is 10.5 Å². The minimum Gasteiger partial charge on any atom is -0.207 e. The first-order valence-electron chi connectivity index (χ1n) is 38.3. The van der Waals surface area contributed by atoms with Gasteiger partial charge < -0.3 is 0 Å². The highest BCUT2D eigenvalue weighted by molar-refractivity contribution is 5.32. The summed E-state index contributed by atoms with van der Waals surface area (Å²) in [5.41, 5.74) is 10.6. The number of nitrogens with zero attached hydrogens (tertiary/aromatic N) is 2. The summed E-state index contributed by atoms with van der Waals surface area (Å²) in [5.74, 6) is 14.2. The molecule has 6 aromatic carbocycles. The minimum atomic E-state index is -0.171. The summed E-state index contributed by atoms with van der Waals surface area (Å²) in [6.07, 6.45) is 41.2. The molecule has 6 aromatic rings. The zero-order valence-electron chi connectivity index (χ0n) is 62.4. The van der Waals surface area contributed by atoms with Crippen LogP contribution in [0.1, 0.15) is 264 Å². The van der Waals surface area contributed by atoms with E-state index in [-0.39, 0.29) is 17.5 Å². The summed E-state index contributed by atoms with van der Waals surface area (Å²) < 4.78 is 36.6. The molecule has 0 saturated heterocycles. The lowest BCUT2D eigenvalue weighted by molar-refractivity contribution is -0.0376. The SMILES string of the molecule is CC1C2CC3CC(C2)CC1C3.CC1CCCCC1.CCC1C2CC3CC(C2)CC1C3.CCC1CCCC1.CCC1CCCCC1.Cc1cc(C)cc(C)c1.Cc1ccc(C#N)cc1.Cc1ccc(F)cc1.Cc1cccc(C#N)c1.Cc1cccc(F)c1.Cc1ccccc1F. The predicted octanol–water partition coefficient (Wildman–Crippen LogP) is 27.4. The average molecular weight is 1310 g/mol. The second kappa shape index (κ2) is 44.9. The Hall–Kier alpha value is -5.91. The molecule has 5 heteroatoms. The van der Waals surface area contributed by atoms with Gasteiger partial charge >= 0.3 is 0 Å². The van der Waals surface area contributed by atoms with Crippen molar-refractivity contribution in [3.05, 3.63) is 213 Å². The van der Waals surface area contributed by atoms with Crippen LogP contribution in [0.3, 0.4) is 0 Å². The van der Waals surface area contributed by atoms with Gasteiger partial charge in [0.15, 0.2) is 0 Å². The second-order valence-electron chi connectivity index (χ2n) is 31.0. The molecule has 0 unspecified atom stereocenters. The molecule has 0 N–H and O–H groups in total. The van der Waals surface area contributed by atoms with Gasteiger partial charge in [0.05, 0.1) is 23.3 Å². The molecule has 2 nitrogen and oxygen atoms in total. The molecular formula is C91H129F3N2. The highest BCUT2D eigenvalue weighted by Crippen LogP contribution is 2.58. The van der Waals surface area contributed by atoms with Crippen LogP contribution < -0.4 is 0 Å². The van der Waals surface area contributed by atoms with E-state index in [0.717, 1.165) is 105 Å². The van der Waals surface area contributed by atoms with Gasteiger partial charge in [-0.1, -0.05) is 257 Å². The van der Waals surface area contributed by atoms with E-state index in [1.54, 1.807) is 108 Å². The lowest BCUT2D eigenvalue weighted by Gasteiger charge is -2.54. The number of halogens is 3. The maximum absolute atomic E-state index is 12.3. The number of hydrogen-bond donors (Lipinski definition) is 0. The molecule has 0 atom stereocenters. The van der Waals surface area contributed by atoms with Crippen LogP contribution in [0, 0.1) is 172 Å². The molecule has 524 valence electrons. The normalized spacial score (nSPS) is 24.3. The third kappa shape index (κ3) is 31.3. The zero-order chi connectivity index (χ0) is 69.8. The van der Waals surface area contributed by atoms with Crippen molar-refractivity contribution >= 4 is 0 Å². The average Bonchev–Trinajstić information content (AvgIpc) is 0.805. The van der Waals surface area contributed by atoms with Crippen LogP contribution in [0.25, 0.3) is 0 Å². The largest absolute Gasteiger partial charge is 0.207 e. The predicted molar refractivity (Wildman–Crippen MR) is 404 cm³/mol. The fourth-order valence-corrected chi connectivity index (χ4v) is 17.5. The number of rotatable bonds is 3. The van der Waals surface area contributed by atoms with Gasteiger partial charge in [0.2, 0.25) is 0 Å². The molecule has 11 aliphatic rings. The maximum Gasteiger partial charge on any atom is 0.126 e. The number of nitriles is 2. The third-order valence-electron chi connectivity index (χ3n) is 22.6. The Morgan fingerprint density at radius 2 is 0.740 bits per heavy atom. The molecule has 0 aliphatic heterocycles. The van der Waals surface area contributed by atoms with Crippen LogP contribution in [0.5, 0.6) is 0 Å². The smallest absolute Gasteiger partial charge is 0.126 e. The quantitative estimate of drug-likeness (QED) is 0.177. The Morgan fingerprint density at radius 3 is 1.05 bits per heavy atom. The number of hydrogen-bond acceptors (Lipinski definition) is 2. The van der Waals surface area contributed by atoms with E-state index in [1.165, 1.54) is 162 Å². The van der Waals surface area contributed by atoms with E-state index in [2.05, 4.69) is 85.7 Å². The summed E-state index contributed by atoms with van der Waals surface area (Å²) in [5, 5.41) is 16.8. The lowest BCUT2D eigenvalue weighted by Crippen LogP contribution is -2.44. The number of benzene rings is 6. The fraction of sp³-hybridized carbons (Fsp3) is 0.582. The summed E-state index contributed by atoms with van der Waals surface area (Å²) in [4.78, 5) is 0. The van der Waals surface area contributed by atoms with Crippen LogP contribution in [-0.2, 0) is 0 Å². The molecule has 0 amide bonds. The van der Waals surface area contributed by atoms with Gasteiger partial charge in [-0.05, 0) is 268 Å². The van der Waals surface area contributed by atoms with Gasteiger partial charge in [-0.15, -0.1) is 0 Å². The first-order valence-corrected chi connectivity index (χ1v) is 38.3. The third-order valence-corrected chi connectivity index (χ3v) is 22.6. The van der Waals surface area contributed by atoms with Crippen molar-refractivity contribution in [3.8, 4) is 12.1 Å². The first kappa shape index (κ1) is 80.8. The maximum atomic E-state index is 12.3. The van der Waals surface area contributed by atoms with Crippen LogP contribution in [-0.4, -0.2) is 0 Å². The minimum absolute atomic E-state index is 0.132. The molecule has 0 spiro atoms. The zero-order valence-corrected chi connectivity index (χ0v) is 62.4. The van der Waals surface area contributed by atoms with Gasteiger partial charge in [0.1, 0.15) is 17.5 Å². The Labute approximate surface area is 585 Å². The Bertz CT molecular complexity index is 2960. The van der Waals surface area contributed by atoms with Crippen LogP contribution in [0.15, 0.2) is 140 Å². The molecule has 0 aromatic heterocycles. The molecule has 11 fully saturated rings. The molecule has 8 bridgehead atoms. The van der Waals surface area contributed by atoms with Crippen molar-refractivity contribution in [3.63, 3.8) is 0 Å². The molecular weight excluding hydrogens is 1180 g/mol. The summed E-state index contributed by atoms with van der Waals surface area (Å²) >= 11 is 0. The fourth-order valence-electron chi connectivity index (χ4n) is 17.5. The summed E-state index contributed by atoms with van der Waals surface area (Å²) in [6, 6.07) is 45.3. The van der Waals surface area contributed by atoms with Crippen LogP contribution in [0.2, 0.25) is 0 Å². The Balaban J connectivity index is 0.000000192. The molecule has 11 saturated carbocycles. The topological polar surface area (TPSA) is 47.6 Å². The Morgan fingerprint density at radius 1 is 0.344 bits per heavy atom. The lowest BCUT2D eigenvalue weighted by atomic mass is 9.51.